The van der Waals surface area contributed by atoms with Gasteiger partial charge in [0.05, 0.1) is 22.7 Å². The second-order valence-corrected chi connectivity index (χ2v) is 8.68. The Morgan fingerprint density at radius 1 is 1.09 bits per heavy atom. The Morgan fingerprint density at radius 2 is 1.88 bits per heavy atom. The maximum atomic E-state index is 14.7. The Hall–Kier alpha value is -3.61. The van der Waals surface area contributed by atoms with Gasteiger partial charge in [0.25, 0.3) is 5.56 Å². The lowest BCUT2D eigenvalue weighted by molar-refractivity contribution is -0.122. The lowest BCUT2D eigenvalue weighted by Crippen LogP contribution is -2.31. The molecule has 0 aliphatic carbocycles. The summed E-state index contributed by atoms with van der Waals surface area (Å²) in [5.74, 6) is -1.85. The van der Waals surface area contributed by atoms with Gasteiger partial charge in [-0.25, -0.2) is 14.4 Å². The molecule has 0 saturated carbocycles. The second kappa shape index (κ2) is 10.5. The zero-order chi connectivity index (χ0) is 24.1. The first-order valence-corrected chi connectivity index (χ1v) is 11.8. The highest BCUT2D eigenvalue weighted by Gasteiger charge is 2.39. The first-order valence-electron chi connectivity index (χ1n) is 11.8. The number of aromatic amines is 1. The molecule has 34 heavy (non-hydrogen) atoms. The van der Waals surface area contributed by atoms with Crippen LogP contribution in [0.15, 0.2) is 59.4 Å². The second-order valence-electron chi connectivity index (χ2n) is 8.68. The number of imide groups is 1. The number of hydrogen-bond donors (Lipinski definition) is 1. The molecule has 1 fully saturated rings. The van der Waals surface area contributed by atoms with Crippen LogP contribution in [-0.2, 0) is 16.0 Å². The fraction of sp³-hybridized carbons (Fsp3) is 0.333. The lowest BCUT2D eigenvalue weighted by atomic mass is 10.0. The Bertz CT molecular complexity index is 1300. The van der Waals surface area contributed by atoms with Crippen LogP contribution in [0.25, 0.3) is 10.8 Å². The Kier molecular flexibility index (Phi) is 7.30. The van der Waals surface area contributed by atoms with E-state index in [9.17, 15) is 18.8 Å². The van der Waals surface area contributed by atoms with E-state index in [1.165, 1.54) is 18.6 Å². The Balaban J connectivity index is 1.53. The smallest absolute Gasteiger partial charge is 0.272 e. The third-order valence-electron chi connectivity index (χ3n) is 6.20. The number of carbonyl (C=O) groups is 2. The third-order valence-corrected chi connectivity index (χ3v) is 6.20. The minimum Gasteiger partial charge on any atom is -0.274 e. The fourth-order valence-electron chi connectivity index (χ4n) is 4.36. The normalized spacial score (nSPS) is 16.3. The molecule has 1 atom stereocenters. The number of halogens is 1. The van der Waals surface area contributed by atoms with Crippen LogP contribution in [0.3, 0.4) is 0 Å². The summed E-state index contributed by atoms with van der Waals surface area (Å²) in [6.07, 6.45) is 9.25. The number of allylic oxidation sites excluding steroid dienone is 2. The van der Waals surface area contributed by atoms with Gasteiger partial charge in [0.15, 0.2) is 0 Å². The van der Waals surface area contributed by atoms with Crippen molar-refractivity contribution in [2.45, 2.75) is 51.9 Å². The molecule has 1 aliphatic heterocycles. The fourth-order valence-corrected chi connectivity index (χ4v) is 4.36. The van der Waals surface area contributed by atoms with Gasteiger partial charge >= 0.3 is 0 Å². The predicted molar refractivity (Wildman–Crippen MR) is 130 cm³/mol. The molecule has 4 rings (SSSR count). The number of carbonyl (C=O) groups excluding carboxylic acids is 2. The average Bonchev–Trinajstić information content (AvgIpc) is 3.12. The highest BCUT2D eigenvalue weighted by atomic mass is 19.1. The molecule has 7 heteroatoms. The average molecular weight is 462 g/mol. The molecule has 0 radical (unpaired) electrons. The number of fused-ring (bicyclic) bond motifs is 1. The molecule has 2 heterocycles. The van der Waals surface area contributed by atoms with Crippen molar-refractivity contribution >= 4 is 28.3 Å². The number of benzene rings is 2. The van der Waals surface area contributed by atoms with Crippen molar-refractivity contribution < 1.29 is 14.0 Å². The molecule has 6 nitrogen and oxygen atoms in total. The van der Waals surface area contributed by atoms with E-state index in [2.05, 4.69) is 23.2 Å². The van der Waals surface area contributed by atoms with Crippen LogP contribution >= 0.6 is 0 Å². The molecule has 176 valence electrons. The SMILES string of the molecule is CCCCCC=CCC1CC(=O)N(c2cc(Cc3n[nH]c(=O)c4ccccc34)ccc2F)C1=O. The van der Waals surface area contributed by atoms with Gasteiger partial charge in [-0.3, -0.25) is 14.4 Å². The largest absolute Gasteiger partial charge is 0.274 e. The van der Waals surface area contributed by atoms with E-state index in [1.807, 2.05) is 18.2 Å². The number of H-pyrrole nitrogens is 1. The molecular weight excluding hydrogens is 433 g/mol. The number of nitrogens with zero attached hydrogens (tertiary/aromatic N) is 2. The molecule has 1 aromatic heterocycles. The summed E-state index contributed by atoms with van der Waals surface area (Å²) in [5, 5.41) is 7.89. The predicted octanol–water partition coefficient (Wildman–Crippen LogP) is 5.06. The van der Waals surface area contributed by atoms with E-state index in [-0.39, 0.29) is 23.6 Å². The van der Waals surface area contributed by atoms with Gasteiger partial charge in [-0.2, -0.15) is 5.10 Å². The van der Waals surface area contributed by atoms with Gasteiger partial charge in [-0.1, -0.05) is 56.2 Å². The van der Waals surface area contributed by atoms with Gasteiger partial charge in [-0.05, 0) is 43.0 Å². The van der Waals surface area contributed by atoms with Crippen LogP contribution in [0.5, 0.6) is 0 Å². The molecule has 0 bridgehead atoms. The van der Waals surface area contributed by atoms with E-state index < -0.39 is 17.6 Å². The summed E-state index contributed by atoms with van der Waals surface area (Å²) in [7, 11) is 0. The van der Waals surface area contributed by atoms with Gasteiger partial charge in [-0.15, -0.1) is 0 Å². The highest BCUT2D eigenvalue weighted by Crippen LogP contribution is 2.32. The molecule has 3 aromatic rings. The summed E-state index contributed by atoms with van der Waals surface area (Å²) in [6.45, 7) is 2.15. The number of aromatic nitrogens is 2. The van der Waals surface area contributed by atoms with Gasteiger partial charge in [0.1, 0.15) is 5.82 Å². The summed E-state index contributed by atoms with van der Waals surface area (Å²) >= 11 is 0. The van der Waals surface area contributed by atoms with E-state index >= 15 is 0 Å². The molecular formula is C27H28FN3O3. The zero-order valence-corrected chi connectivity index (χ0v) is 19.2. The van der Waals surface area contributed by atoms with Crippen molar-refractivity contribution in [1.82, 2.24) is 10.2 Å². The highest BCUT2D eigenvalue weighted by molar-refractivity contribution is 6.21. The van der Waals surface area contributed by atoms with Crippen molar-refractivity contribution in [2.24, 2.45) is 5.92 Å². The monoisotopic (exact) mass is 461 g/mol. The number of anilines is 1. The minimum atomic E-state index is -0.625. The number of hydrogen-bond acceptors (Lipinski definition) is 4. The van der Waals surface area contributed by atoms with Crippen molar-refractivity contribution in [1.29, 1.82) is 0 Å². The Labute approximate surface area is 197 Å². The first-order chi connectivity index (χ1) is 16.5. The first kappa shape index (κ1) is 23.5. The molecule has 1 saturated heterocycles. The van der Waals surface area contributed by atoms with Gasteiger partial charge < -0.3 is 0 Å². The molecule has 1 aliphatic rings. The zero-order valence-electron chi connectivity index (χ0n) is 19.2. The lowest BCUT2D eigenvalue weighted by Gasteiger charge is -2.17. The quantitative estimate of drug-likeness (QED) is 0.274. The maximum Gasteiger partial charge on any atom is 0.272 e. The number of rotatable bonds is 9. The van der Waals surface area contributed by atoms with Crippen LogP contribution in [0.4, 0.5) is 10.1 Å². The molecule has 2 amide bonds. The van der Waals surface area contributed by atoms with Crippen LogP contribution in [0.2, 0.25) is 0 Å². The van der Waals surface area contributed by atoms with Crippen molar-refractivity contribution in [3.8, 4) is 0 Å². The summed E-state index contributed by atoms with van der Waals surface area (Å²) < 4.78 is 14.7. The molecule has 2 aromatic carbocycles. The third kappa shape index (κ3) is 4.98. The minimum absolute atomic E-state index is 0.0318. The van der Waals surface area contributed by atoms with Crippen molar-refractivity contribution in [3.63, 3.8) is 0 Å². The molecule has 0 spiro atoms. The standard InChI is InChI=1S/C27H28FN3O3/c1-2-3-4-5-6-7-10-19-17-25(32)31(27(19)34)24-16-18(13-14-22(24)28)15-23-20-11-8-9-12-21(20)26(33)30-29-23/h6-9,11-14,16,19H,2-5,10,15,17H2,1H3,(H,30,33). The summed E-state index contributed by atoms with van der Waals surface area (Å²) in [4.78, 5) is 38.7. The topological polar surface area (TPSA) is 83.1 Å². The number of nitrogens with one attached hydrogen (secondary N) is 1. The van der Waals surface area contributed by atoms with E-state index in [1.54, 1.807) is 18.2 Å². The number of unbranched alkanes of at least 4 members (excludes halogenated alkanes) is 3. The van der Waals surface area contributed by atoms with E-state index in [0.717, 1.165) is 24.2 Å². The molecule has 1 unspecified atom stereocenters. The van der Waals surface area contributed by atoms with Crippen molar-refractivity contribution in [2.75, 3.05) is 4.90 Å². The Morgan fingerprint density at radius 3 is 2.68 bits per heavy atom. The maximum absolute atomic E-state index is 14.7. The molecule has 1 N–H and O–H groups in total. The van der Waals surface area contributed by atoms with Crippen LogP contribution in [0, 0.1) is 11.7 Å². The van der Waals surface area contributed by atoms with Crippen LogP contribution < -0.4 is 10.5 Å². The van der Waals surface area contributed by atoms with Crippen molar-refractivity contribution in [3.05, 3.63) is 82.0 Å². The summed E-state index contributed by atoms with van der Waals surface area (Å²) in [6, 6.07) is 11.5. The van der Waals surface area contributed by atoms with Crippen LogP contribution in [-0.4, -0.2) is 22.0 Å². The summed E-state index contributed by atoms with van der Waals surface area (Å²) in [5.41, 5.74) is 0.993. The van der Waals surface area contributed by atoms with Gasteiger partial charge in [0.2, 0.25) is 11.8 Å². The van der Waals surface area contributed by atoms with E-state index in [4.69, 9.17) is 0 Å². The van der Waals surface area contributed by atoms with Gasteiger partial charge in [0, 0.05) is 18.2 Å². The van der Waals surface area contributed by atoms with Crippen LogP contribution in [0.1, 0.15) is 56.7 Å². The number of amides is 2. The van der Waals surface area contributed by atoms with E-state index in [0.29, 0.717) is 34.9 Å².